The van der Waals surface area contributed by atoms with Crippen LogP contribution in [0.3, 0.4) is 0 Å². The second-order valence-electron chi connectivity index (χ2n) is 3.63. The molecule has 1 rings (SSSR count). The Morgan fingerprint density at radius 1 is 1.27 bits per heavy atom. The van der Waals surface area contributed by atoms with Crippen molar-refractivity contribution < 1.29 is 9.90 Å². The molecule has 0 aliphatic carbocycles. The molecule has 3 N–H and O–H groups in total. The molecule has 4 heteroatoms. The van der Waals surface area contributed by atoms with Gasteiger partial charge in [-0.15, -0.1) is 12.4 Å². The molecule has 0 aliphatic rings. The lowest BCUT2D eigenvalue weighted by molar-refractivity contribution is -0.138. The molecule has 0 fully saturated rings. The van der Waals surface area contributed by atoms with Crippen molar-refractivity contribution in [3.05, 3.63) is 34.4 Å². The van der Waals surface area contributed by atoms with Gasteiger partial charge < -0.3 is 10.8 Å². The number of hydrogen-bond donors (Lipinski definition) is 2. The van der Waals surface area contributed by atoms with E-state index in [1.807, 2.05) is 32.9 Å². The maximum absolute atomic E-state index is 10.8. The van der Waals surface area contributed by atoms with E-state index in [0.29, 0.717) is 0 Å². The minimum Gasteiger partial charge on any atom is -0.480 e. The first-order valence-corrected chi connectivity index (χ1v) is 4.49. The summed E-state index contributed by atoms with van der Waals surface area (Å²) in [6.07, 6.45) is 0. The Hall–Kier alpha value is -1.06. The lowest BCUT2D eigenvalue weighted by atomic mass is 9.94. The number of carboxylic acid groups (broad SMARTS) is 1. The third-order valence-corrected chi connectivity index (χ3v) is 2.32. The molecule has 0 saturated carbocycles. The van der Waals surface area contributed by atoms with Crippen LogP contribution in [0.2, 0.25) is 0 Å². The average Bonchev–Trinajstić information content (AvgIpc) is 2.01. The lowest BCUT2D eigenvalue weighted by Crippen LogP contribution is -2.22. The van der Waals surface area contributed by atoms with Crippen molar-refractivity contribution in [2.75, 3.05) is 0 Å². The molecule has 0 bridgehead atoms. The zero-order valence-corrected chi connectivity index (χ0v) is 9.89. The molecule has 0 aromatic heterocycles. The van der Waals surface area contributed by atoms with E-state index in [1.54, 1.807) is 0 Å². The summed E-state index contributed by atoms with van der Waals surface area (Å²) >= 11 is 0. The van der Waals surface area contributed by atoms with E-state index in [9.17, 15) is 4.79 Å². The minimum atomic E-state index is -0.986. The summed E-state index contributed by atoms with van der Waals surface area (Å²) in [5, 5.41) is 8.83. The van der Waals surface area contributed by atoms with Crippen molar-refractivity contribution in [1.82, 2.24) is 0 Å². The number of aliphatic carboxylic acids is 1. The lowest BCUT2D eigenvalue weighted by Gasteiger charge is -2.14. The van der Waals surface area contributed by atoms with E-state index in [4.69, 9.17) is 10.8 Å². The number of nitrogens with two attached hydrogens (primary N) is 1. The molecule has 1 unspecified atom stereocenters. The van der Waals surface area contributed by atoms with Gasteiger partial charge in [0.05, 0.1) is 0 Å². The standard InChI is InChI=1S/C11H15NO2.ClH/c1-6-4-7(2)9(8(3)5-6)10(12)11(13)14;/h4-5,10H,12H2,1-3H3,(H,13,14);1H. The van der Waals surface area contributed by atoms with E-state index < -0.39 is 12.0 Å². The third-order valence-electron chi connectivity index (χ3n) is 2.32. The van der Waals surface area contributed by atoms with Gasteiger partial charge in [0.2, 0.25) is 0 Å². The van der Waals surface area contributed by atoms with Crippen molar-refractivity contribution in [2.45, 2.75) is 26.8 Å². The van der Waals surface area contributed by atoms with Crippen LogP contribution >= 0.6 is 12.4 Å². The third kappa shape index (κ3) is 2.94. The maximum atomic E-state index is 10.8. The van der Waals surface area contributed by atoms with Gasteiger partial charge >= 0.3 is 5.97 Å². The van der Waals surface area contributed by atoms with Gasteiger partial charge in [-0.2, -0.15) is 0 Å². The van der Waals surface area contributed by atoms with Crippen molar-refractivity contribution >= 4 is 18.4 Å². The van der Waals surface area contributed by atoms with Crippen LogP contribution < -0.4 is 5.73 Å². The number of halogens is 1. The fourth-order valence-electron chi connectivity index (χ4n) is 1.81. The number of benzene rings is 1. The Kier molecular flexibility index (Phi) is 4.78. The highest BCUT2D eigenvalue weighted by molar-refractivity contribution is 5.85. The summed E-state index contributed by atoms with van der Waals surface area (Å²) in [5.74, 6) is -0.986. The first-order valence-electron chi connectivity index (χ1n) is 4.49. The van der Waals surface area contributed by atoms with Gasteiger partial charge in [0, 0.05) is 0 Å². The molecule has 0 radical (unpaired) electrons. The van der Waals surface area contributed by atoms with Crippen LogP contribution in [0.1, 0.15) is 28.3 Å². The summed E-state index contributed by atoms with van der Waals surface area (Å²) < 4.78 is 0. The quantitative estimate of drug-likeness (QED) is 0.817. The largest absolute Gasteiger partial charge is 0.480 e. The fourth-order valence-corrected chi connectivity index (χ4v) is 1.81. The van der Waals surface area contributed by atoms with Gasteiger partial charge in [-0.3, -0.25) is 4.79 Å². The molecule has 1 aromatic rings. The highest BCUT2D eigenvalue weighted by Gasteiger charge is 2.18. The highest BCUT2D eigenvalue weighted by atomic mass is 35.5. The normalized spacial score (nSPS) is 11.7. The van der Waals surface area contributed by atoms with Gasteiger partial charge in [0.25, 0.3) is 0 Å². The summed E-state index contributed by atoms with van der Waals surface area (Å²) in [7, 11) is 0. The topological polar surface area (TPSA) is 63.3 Å². The summed E-state index contributed by atoms with van der Waals surface area (Å²) in [4.78, 5) is 10.8. The van der Waals surface area contributed by atoms with E-state index in [0.717, 1.165) is 22.3 Å². The van der Waals surface area contributed by atoms with Crippen LogP contribution in [0.4, 0.5) is 0 Å². The Morgan fingerprint density at radius 2 is 1.67 bits per heavy atom. The van der Waals surface area contributed by atoms with Gasteiger partial charge in [0.1, 0.15) is 6.04 Å². The molecule has 0 heterocycles. The van der Waals surface area contributed by atoms with E-state index in [2.05, 4.69) is 0 Å². The summed E-state index contributed by atoms with van der Waals surface area (Å²) in [6, 6.07) is 2.98. The molecule has 1 aromatic carbocycles. The predicted octanol–water partition coefficient (Wildman–Crippen LogP) is 2.12. The Morgan fingerprint density at radius 3 is 2.00 bits per heavy atom. The van der Waals surface area contributed by atoms with Gasteiger partial charge in [-0.05, 0) is 37.5 Å². The smallest absolute Gasteiger partial charge is 0.325 e. The first kappa shape index (κ1) is 13.9. The van der Waals surface area contributed by atoms with Crippen LogP contribution in [-0.2, 0) is 4.79 Å². The van der Waals surface area contributed by atoms with Crippen LogP contribution in [0.15, 0.2) is 12.1 Å². The van der Waals surface area contributed by atoms with E-state index in [1.165, 1.54) is 0 Å². The fraction of sp³-hybridized carbons (Fsp3) is 0.364. The predicted molar refractivity (Wildman–Crippen MR) is 62.5 cm³/mol. The molecule has 1 atom stereocenters. The molecular formula is C11H16ClNO2. The Labute approximate surface area is 95.7 Å². The molecule has 0 aliphatic heterocycles. The molecule has 0 spiro atoms. The number of hydrogen-bond acceptors (Lipinski definition) is 2. The van der Waals surface area contributed by atoms with Crippen LogP contribution in [0, 0.1) is 20.8 Å². The minimum absolute atomic E-state index is 0. The first-order chi connectivity index (χ1) is 6.43. The number of carboxylic acids is 1. The Balaban J connectivity index is 0.00000196. The van der Waals surface area contributed by atoms with Crippen LogP contribution in [-0.4, -0.2) is 11.1 Å². The highest BCUT2D eigenvalue weighted by Crippen LogP contribution is 2.21. The summed E-state index contributed by atoms with van der Waals surface area (Å²) in [5.41, 5.74) is 9.33. The van der Waals surface area contributed by atoms with Crippen molar-refractivity contribution in [2.24, 2.45) is 5.73 Å². The van der Waals surface area contributed by atoms with Gasteiger partial charge in [-0.25, -0.2) is 0 Å². The zero-order valence-electron chi connectivity index (χ0n) is 9.07. The molecular weight excluding hydrogens is 214 g/mol. The molecule has 0 amide bonds. The van der Waals surface area contributed by atoms with Crippen LogP contribution in [0.5, 0.6) is 0 Å². The average molecular weight is 230 g/mol. The molecule has 0 saturated heterocycles. The number of rotatable bonds is 2. The molecule has 15 heavy (non-hydrogen) atoms. The van der Waals surface area contributed by atoms with Crippen LogP contribution in [0.25, 0.3) is 0 Å². The van der Waals surface area contributed by atoms with Gasteiger partial charge in [0.15, 0.2) is 0 Å². The molecule has 84 valence electrons. The second kappa shape index (κ2) is 5.14. The van der Waals surface area contributed by atoms with Gasteiger partial charge in [-0.1, -0.05) is 17.7 Å². The zero-order chi connectivity index (χ0) is 10.9. The summed E-state index contributed by atoms with van der Waals surface area (Å²) in [6.45, 7) is 5.76. The number of carbonyl (C=O) groups is 1. The van der Waals surface area contributed by atoms with E-state index in [-0.39, 0.29) is 12.4 Å². The van der Waals surface area contributed by atoms with Crippen molar-refractivity contribution in [1.29, 1.82) is 0 Å². The molecule has 3 nitrogen and oxygen atoms in total. The van der Waals surface area contributed by atoms with Crippen molar-refractivity contribution in [3.8, 4) is 0 Å². The Bertz CT molecular complexity index is 354. The number of aryl methyl sites for hydroxylation is 3. The maximum Gasteiger partial charge on any atom is 0.325 e. The monoisotopic (exact) mass is 229 g/mol. The van der Waals surface area contributed by atoms with Crippen molar-refractivity contribution in [3.63, 3.8) is 0 Å². The SMILES string of the molecule is Cc1cc(C)c(C(N)C(=O)O)c(C)c1.Cl. The second-order valence-corrected chi connectivity index (χ2v) is 3.63. The van der Waals surface area contributed by atoms with E-state index >= 15 is 0 Å².